The zero-order chi connectivity index (χ0) is 19.8. The Hall–Kier alpha value is -3.05. The number of hydrogen-bond donors (Lipinski definition) is 1. The van der Waals surface area contributed by atoms with Crippen molar-refractivity contribution < 1.29 is 14.5 Å². The van der Waals surface area contributed by atoms with Gasteiger partial charge in [-0.25, -0.2) is 15.4 Å². The first-order valence-corrected chi connectivity index (χ1v) is 9.45. The third-order valence-corrected chi connectivity index (χ3v) is 4.72. The molecule has 2 heterocycles. The lowest BCUT2D eigenvalue weighted by atomic mass is 10.1. The Kier molecular flexibility index (Phi) is 6.87. The number of nitrogens with zero attached hydrogens (tertiary/aromatic N) is 5. The lowest BCUT2D eigenvalue weighted by molar-refractivity contribution is -0.384. The molecule has 10 nitrogen and oxygen atoms in total. The SMILES string of the molecule is O=C(CSc1ncccn1)NN=Cc1cc([N+](=O)[O-])ccc1N1CCOCC1. The minimum atomic E-state index is -0.463. The Labute approximate surface area is 165 Å². The van der Waals surface area contributed by atoms with Gasteiger partial charge in [0.15, 0.2) is 5.16 Å². The van der Waals surface area contributed by atoms with Gasteiger partial charge in [-0.1, -0.05) is 11.8 Å². The second-order valence-electron chi connectivity index (χ2n) is 5.71. The number of hydrazone groups is 1. The summed E-state index contributed by atoms with van der Waals surface area (Å²) < 4.78 is 5.35. The van der Waals surface area contributed by atoms with Crippen molar-refractivity contribution in [3.63, 3.8) is 0 Å². The number of nitrogens with one attached hydrogen (secondary N) is 1. The Balaban J connectivity index is 1.66. The molecule has 3 rings (SSSR count). The number of benzene rings is 1. The van der Waals surface area contributed by atoms with E-state index in [1.807, 2.05) is 0 Å². The van der Waals surface area contributed by atoms with Crippen LogP contribution in [0.25, 0.3) is 0 Å². The number of aromatic nitrogens is 2. The summed E-state index contributed by atoms with van der Waals surface area (Å²) in [6, 6.07) is 6.28. The highest BCUT2D eigenvalue weighted by Crippen LogP contribution is 2.25. The fourth-order valence-corrected chi connectivity index (χ4v) is 3.14. The van der Waals surface area contributed by atoms with Crippen LogP contribution in [0.4, 0.5) is 11.4 Å². The fraction of sp³-hybridized carbons (Fsp3) is 0.294. The molecule has 1 N–H and O–H groups in total. The van der Waals surface area contributed by atoms with Crippen LogP contribution < -0.4 is 10.3 Å². The van der Waals surface area contributed by atoms with Gasteiger partial charge in [-0.05, 0) is 12.1 Å². The molecule has 0 saturated carbocycles. The molecule has 1 aromatic heterocycles. The van der Waals surface area contributed by atoms with Gasteiger partial charge in [-0.15, -0.1) is 0 Å². The van der Waals surface area contributed by atoms with Crippen LogP contribution in [0.3, 0.4) is 0 Å². The fourth-order valence-electron chi connectivity index (χ4n) is 2.55. The summed E-state index contributed by atoms with van der Waals surface area (Å²) in [6.45, 7) is 2.53. The number of carbonyl (C=O) groups excluding carboxylic acids is 1. The molecule has 28 heavy (non-hydrogen) atoms. The molecule has 0 spiro atoms. The van der Waals surface area contributed by atoms with Gasteiger partial charge in [0.25, 0.3) is 11.6 Å². The number of anilines is 1. The molecule has 1 aliphatic rings. The molecule has 0 aliphatic carbocycles. The molecule has 0 unspecified atom stereocenters. The number of nitro groups is 1. The molecular weight excluding hydrogens is 384 g/mol. The number of thioether (sulfide) groups is 1. The summed E-state index contributed by atoms with van der Waals surface area (Å²) in [5.74, 6) is -0.223. The van der Waals surface area contributed by atoms with E-state index in [2.05, 4.69) is 25.4 Å². The Bertz CT molecular complexity index is 858. The monoisotopic (exact) mass is 402 g/mol. The van der Waals surface area contributed by atoms with Crippen molar-refractivity contribution in [1.82, 2.24) is 15.4 Å². The first-order valence-electron chi connectivity index (χ1n) is 8.46. The van der Waals surface area contributed by atoms with E-state index >= 15 is 0 Å². The second-order valence-corrected chi connectivity index (χ2v) is 6.66. The molecule has 1 aromatic carbocycles. The van der Waals surface area contributed by atoms with Crippen LogP contribution in [-0.4, -0.2) is 59.1 Å². The van der Waals surface area contributed by atoms with Crippen molar-refractivity contribution in [3.05, 3.63) is 52.3 Å². The highest BCUT2D eigenvalue weighted by atomic mass is 32.2. The maximum absolute atomic E-state index is 11.9. The highest BCUT2D eigenvalue weighted by Gasteiger charge is 2.17. The van der Waals surface area contributed by atoms with Crippen LogP contribution in [0.2, 0.25) is 0 Å². The summed E-state index contributed by atoms with van der Waals surface area (Å²) >= 11 is 1.19. The van der Waals surface area contributed by atoms with Gasteiger partial charge in [0, 0.05) is 48.9 Å². The van der Waals surface area contributed by atoms with Crippen molar-refractivity contribution in [2.24, 2.45) is 5.10 Å². The lowest BCUT2D eigenvalue weighted by Crippen LogP contribution is -2.36. The summed E-state index contributed by atoms with van der Waals surface area (Å²) in [7, 11) is 0. The lowest BCUT2D eigenvalue weighted by Gasteiger charge is -2.29. The minimum absolute atomic E-state index is 0.0402. The van der Waals surface area contributed by atoms with E-state index in [9.17, 15) is 14.9 Å². The van der Waals surface area contributed by atoms with Gasteiger partial charge in [0.05, 0.1) is 30.1 Å². The smallest absolute Gasteiger partial charge is 0.270 e. The first-order chi connectivity index (χ1) is 13.6. The number of hydrogen-bond acceptors (Lipinski definition) is 9. The molecule has 0 radical (unpaired) electrons. The standard InChI is InChI=1S/C17H18N6O4S/c24-16(12-28-17-18-4-1-5-19-17)21-20-11-13-10-14(23(25)26)2-3-15(13)22-6-8-27-9-7-22/h1-5,10-11H,6-9,12H2,(H,21,24). The van der Waals surface area contributed by atoms with Gasteiger partial charge in [0.2, 0.25) is 0 Å². The number of non-ortho nitro benzene ring substituents is 1. The quantitative estimate of drug-likeness (QED) is 0.243. The molecule has 11 heteroatoms. The number of amides is 1. The van der Waals surface area contributed by atoms with Crippen molar-refractivity contribution in [3.8, 4) is 0 Å². The number of ether oxygens (including phenoxy) is 1. The van der Waals surface area contributed by atoms with Crippen molar-refractivity contribution in [2.45, 2.75) is 5.16 Å². The Morgan fingerprint density at radius 1 is 1.36 bits per heavy atom. The maximum Gasteiger partial charge on any atom is 0.270 e. The molecule has 1 saturated heterocycles. The molecule has 1 fully saturated rings. The van der Waals surface area contributed by atoms with Crippen molar-refractivity contribution >= 4 is 35.3 Å². The topological polar surface area (TPSA) is 123 Å². The Morgan fingerprint density at radius 2 is 2.11 bits per heavy atom. The van der Waals surface area contributed by atoms with Crippen LogP contribution in [0, 0.1) is 10.1 Å². The van der Waals surface area contributed by atoms with Crippen LogP contribution in [0.1, 0.15) is 5.56 Å². The molecule has 2 aromatic rings. The van der Waals surface area contributed by atoms with Crippen molar-refractivity contribution in [2.75, 3.05) is 37.0 Å². The van der Waals surface area contributed by atoms with E-state index in [1.54, 1.807) is 24.5 Å². The van der Waals surface area contributed by atoms with E-state index in [0.717, 1.165) is 5.69 Å². The number of nitro benzene ring substituents is 1. The minimum Gasteiger partial charge on any atom is -0.378 e. The molecule has 0 bridgehead atoms. The van der Waals surface area contributed by atoms with E-state index in [-0.39, 0.29) is 17.3 Å². The zero-order valence-corrected chi connectivity index (χ0v) is 15.7. The zero-order valence-electron chi connectivity index (χ0n) is 14.9. The van der Waals surface area contributed by atoms with E-state index in [0.29, 0.717) is 37.0 Å². The summed E-state index contributed by atoms with van der Waals surface area (Å²) in [6.07, 6.45) is 4.61. The summed E-state index contributed by atoms with van der Waals surface area (Å²) in [5.41, 5.74) is 3.74. The molecular formula is C17H18N6O4S. The molecule has 0 atom stereocenters. The largest absolute Gasteiger partial charge is 0.378 e. The predicted molar refractivity (Wildman–Crippen MR) is 105 cm³/mol. The van der Waals surface area contributed by atoms with Crippen LogP contribution >= 0.6 is 11.8 Å². The van der Waals surface area contributed by atoms with Gasteiger partial charge in [0.1, 0.15) is 0 Å². The molecule has 1 aliphatic heterocycles. The third-order valence-electron chi connectivity index (χ3n) is 3.84. The average Bonchev–Trinajstić information content (AvgIpc) is 2.73. The number of carbonyl (C=O) groups is 1. The average molecular weight is 402 g/mol. The van der Waals surface area contributed by atoms with Gasteiger partial charge >= 0.3 is 0 Å². The van der Waals surface area contributed by atoms with Gasteiger partial charge < -0.3 is 9.64 Å². The predicted octanol–water partition coefficient (Wildman–Crippen LogP) is 1.46. The maximum atomic E-state index is 11.9. The normalized spacial score (nSPS) is 14.2. The van der Waals surface area contributed by atoms with Crippen LogP contribution in [-0.2, 0) is 9.53 Å². The number of rotatable bonds is 7. The third kappa shape index (κ3) is 5.47. The van der Waals surface area contributed by atoms with Gasteiger partial charge in [-0.3, -0.25) is 14.9 Å². The van der Waals surface area contributed by atoms with E-state index < -0.39 is 4.92 Å². The summed E-state index contributed by atoms with van der Waals surface area (Å²) in [5, 5.41) is 15.5. The van der Waals surface area contributed by atoms with Crippen LogP contribution in [0.5, 0.6) is 0 Å². The van der Waals surface area contributed by atoms with E-state index in [1.165, 1.54) is 30.1 Å². The van der Waals surface area contributed by atoms with Gasteiger partial charge in [-0.2, -0.15) is 5.10 Å². The summed E-state index contributed by atoms with van der Waals surface area (Å²) in [4.78, 5) is 32.7. The van der Waals surface area contributed by atoms with E-state index in [4.69, 9.17) is 4.74 Å². The number of morpholine rings is 1. The Morgan fingerprint density at radius 3 is 2.82 bits per heavy atom. The highest BCUT2D eigenvalue weighted by molar-refractivity contribution is 7.99. The second kappa shape index (κ2) is 9.76. The first kappa shape index (κ1) is 19.7. The molecule has 146 valence electrons. The van der Waals surface area contributed by atoms with Crippen molar-refractivity contribution in [1.29, 1.82) is 0 Å². The molecule has 1 amide bonds. The van der Waals surface area contributed by atoms with Crippen LogP contribution in [0.15, 0.2) is 46.9 Å².